The van der Waals surface area contributed by atoms with Crippen molar-refractivity contribution in [3.05, 3.63) is 84.0 Å². The van der Waals surface area contributed by atoms with E-state index in [1.165, 1.54) is 18.5 Å². The third kappa shape index (κ3) is 6.65. The molecule has 0 aliphatic carbocycles. The van der Waals surface area contributed by atoms with Crippen LogP contribution in [0, 0.1) is 6.92 Å². The number of aryl methyl sites for hydroxylation is 1. The minimum Gasteiger partial charge on any atom is -0.369 e. The molecule has 8 nitrogen and oxygen atoms in total. The highest BCUT2D eigenvalue weighted by atomic mass is 16.1. The predicted molar refractivity (Wildman–Crippen MR) is 152 cm³/mol. The van der Waals surface area contributed by atoms with Gasteiger partial charge in [0.05, 0.1) is 12.0 Å². The number of H-pyrrole nitrogens is 1. The van der Waals surface area contributed by atoms with Crippen molar-refractivity contribution >= 4 is 28.8 Å². The van der Waals surface area contributed by atoms with Gasteiger partial charge < -0.3 is 25.4 Å². The normalized spacial score (nSPS) is 15.8. The summed E-state index contributed by atoms with van der Waals surface area (Å²) in [6.45, 7) is 10.9. The Morgan fingerprint density at radius 1 is 1.22 bits per heavy atom. The van der Waals surface area contributed by atoms with Crippen LogP contribution in [0.25, 0.3) is 5.70 Å². The third-order valence-electron chi connectivity index (χ3n) is 6.62. The fourth-order valence-electron chi connectivity index (χ4n) is 4.46. The number of hydrogen-bond acceptors (Lipinski definition) is 5. The van der Waals surface area contributed by atoms with Gasteiger partial charge in [-0.05, 0) is 76.7 Å². The molecule has 1 amide bonds. The lowest BCUT2D eigenvalue weighted by atomic mass is 10.1. The quantitative estimate of drug-likeness (QED) is 0.297. The van der Waals surface area contributed by atoms with E-state index >= 15 is 0 Å². The van der Waals surface area contributed by atoms with E-state index in [0.29, 0.717) is 29.7 Å². The first-order valence-corrected chi connectivity index (χ1v) is 12.8. The van der Waals surface area contributed by atoms with Gasteiger partial charge in [-0.3, -0.25) is 4.79 Å². The summed E-state index contributed by atoms with van der Waals surface area (Å²) in [5, 5.41) is 6.41. The zero-order valence-electron chi connectivity index (χ0n) is 22.2. The second-order valence-corrected chi connectivity index (χ2v) is 9.78. The van der Waals surface area contributed by atoms with Crippen LogP contribution in [0.5, 0.6) is 0 Å². The van der Waals surface area contributed by atoms with Crippen LogP contribution in [-0.4, -0.2) is 66.4 Å². The van der Waals surface area contributed by atoms with E-state index in [2.05, 4.69) is 57.2 Å². The van der Waals surface area contributed by atoms with Gasteiger partial charge in [-0.2, -0.15) is 0 Å². The van der Waals surface area contributed by atoms with Gasteiger partial charge in [0.15, 0.2) is 5.84 Å². The average molecular weight is 500 g/mol. The van der Waals surface area contributed by atoms with Gasteiger partial charge >= 0.3 is 0 Å². The van der Waals surface area contributed by atoms with Crippen LogP contribution in [0.2, 0.25) is 0 Å². The summed E-state index contributed by atoms with van der Waals surface area (Å²) >= 11 is 0. The van der Waals surface area contributed by atoms with Crippen LogP contribution in [0.3, 0.4) is 0 Å². The van der Waals surface area contributed by atoms with E-state index < -0.39 is 0 Å². The molecule has 0 radical (unpaired) electrons. The second kappa shape index (κ2) is 11.9. The monoisotopic (exact) mass is 499 g/mol. The van der Waals surface area contributed by atoms with Crippen molar-refractivity contribution in [1.82, 2.24) is 20.2 Å². The summed E-state index contributed by atoms with van der Waals surface area (Å²) in [5.74, 6) is 0.519. The number of benzene rings is 2. The Labute approximate surface area is 219 Å². The number of amides is 1. The summed E-state index contributed by atoms with van der Waals surface area (Å²) in [6.07, 6.45) is 4.10. The molecule has 1 aliphatic rings. The topological polar surface area (TPSA) is 88.6 Å². The highest BCUT2D eigenvalue weighted by Crippen LogP contribution is 2.28. The van der Waals surface area contributed by atoms with Gasteiger partial charge in [-0.15, -0.1) is 0 Å². The molecule has 2 heterocycles. The number of nitrogens with one attached hydrogen (secondary N) is 3. The first kappa shape index (κ1) is 26.2. The molecule has 8 heteroatoms. The van der Waals surface area contributed by atoms with Crippen molar-refractivity contribution in [2.24, 2.45) is 4.99 Å². The van der Waals surface area contributed by atoms with E-state index in [1.807, 2.05) is 44.1 Å². The summed E-state index contributed by atoms with van der Waals surface area (Å²) in [5.41, 5.74) is 5.80. The summed E-state index contributed by atoms with van der Waals surface area (Å²) in [7, 11) is 3.96. The number of aliphatic imine (C=N–C) groups is 1. The Kier molecular flexibility index (Phi) is 8.40. The molecule has 4 rings (SSSR count). The fourth-order valence-corrected chi connectivity index (χ4v) is 4.46. The molecule has 0 spiro atoms. The minimum atomic E-state index is -0.0933. The van der Waals surface area contributed by atoms with E-state index in [1.54, 1.807) is 18.5 Å². The Balaban J connectivity index is 1.53. The molecule has 1 saturated heterocycles. The number of nitrogens with zero attached hydrogens (tertiary/aromatic N) is 4. The van der Waals surface area contributed by atoms with Crippen LogP contribution in [0.1, 0.15) is 47.1 Å². The van der Waals surface area contributed by atoms with Crippen LogP contribution in [0.15, 0.2) is 66.4 Å². The summed E-state index contributed by atoms with van der Waals surface area (Å²) in [4.78, 5) is 29.4. The maximum absolute atomic E-state index is 12.4. The standard InChI is InChI=1S/C29H37N7O/c1-20-8-7-16-36(20)26-10-6-9-25(18-26)34-28(27-22(3)31-19-32-27)33-21(2)23-11-13-24(14-12-23)29(37)30-15-17-35(4)5/h6,9-14,18-20H,2,7-8,15-17H2,1,3-5H3,(H,30,37)(H,31,32)(H,33,34). The maximum Gasteiger partial charge on any atom is 0.251 e. The average Bonchev–Trinajstić information content (AvgIpc) is 3.51. The van der Waals surface area contributed by atoms with Gasteiger partial charge in [0.1, 0.15) is 5.69 Å². The molecule has 37 heavy (non-hydrogen) atoms. The van der Waals surface area contributed by atoms with E-state index in [4.69, 9.17) is 4.99 Å². The largest absolute Gasteiger partial charge is 0.369 e. The number of likely N-dealkylation sites (N-methyl/N-ethyl adjacent to an activating group) is 1. The van der Waals surface area contributed by atoms with Crippen LogP contribution < -0.4 is 15.5 Å². The van der Waals surface area contributed by atoms with Crippen molar-refractivity contribution in [3.8, 4) is 0 Å². The molecule has 1 aromatic heterocycles. The lowest BCUT2D eigenvalue weighted by molar-refractivity contribution is 0.0951. The van der Waals surface area contributed by atoms with Crippen LogP contribution >= 0.6 is 0 Å². The van der Waals surface area contributed by atoms with Crippen molar-refractivity contribution in [3.63, 3.8) is 0 Å². The van der Waals surface area contributed by atoms with Crippen molar-refractivity contribution in [1.29, 1.82) is 0 Å². The van der Waals surface area contributed by atoms with Gasteiger partial charge in [-0.25, -0.2) is 9.98 Å². The number of anilines is 2. The van der Waals surface area contributed by atoms with Gasteiger partial charge in [-0.1, -0.05) is 24.8 Å². The van der Waals surface area contributed by atoms with Gasteiger partial charge in [0.25, 0.3) is 5.91 Å². The Morgan fingerprint density at radius 2 is 1.97 bits per heavy atom. The predicted octanol–water partition coefficient (Wildman–Crippen LogP) is 4.53. The lowest BCUT2D eigenvalue weighted by Crippen LogP contribution is -2.31. The molecular formula is C29H37N7O. The maximum atomic E-state index is 12.4. The molecule has 0 bridgehead atoms. The lowest BCUT2D eigenvalue weighted by Gasteiger charge is -2.24. The number of aromatic nitrogens is 2. The SMILES string of the molecule is C=C(N=C(Nc1cccc(N2CCCC2C)c1)c1nc[nH]c1C)c1ccc(C(=O)NCCN(C)C)cc1. The van der Waals surface area contributed by atoms with Gasteiger partial charge in [0, 0.05) is 48.3 Å². The fraction of sp³-hybridized carbons (Fsp3) is 0.345. The highest BCUT2D eigenvalue weighted by Gasteiger charge is 2.21. The number of amidine groups is 1. The number of imidazole rings is 1. The number of rotatable bonds is 9. The van der Waals surface area contributed by atoms with E-state index in [9.17, 15) is 4.79 Å². The zero-order chi connectivity index (χ0) is 26.4. The minimum absolute atomic E-state index is 0.0933. The number of aromatic amines is 1. The molecule has 1 unspecified atom stereocenters. The highest BCUT2D eigenvalue weighted by molar-refractivity contribution is 6.10. The van der Waals surface area contributed by atoms with Crippen molar-refractivity contribution in [2.75, 3.05) is 43.9 Å². The molecule has 3 aromatic rings. The molecule has 3 N–H and O–H groups in total. The Morgan fingerprint density at radius 3 is 2.62 bits per heavy atom. The Bertz CT molecular complexity index is 1260. The van der Waals surface area contributed by atoms with Crippen LogP contribution in [-0.2, 0) is 0 Å². The summed E-state index contributed by atoms with van der Waals surface area (Å²) < 4.78 is 0. The van der Waals surface area contributed by atoms with E-state index in [0.717, 1.165) is 35.7 Å². The first-order chi connectivity index (χ1) is 17.8. The smallest absolute Gasteiger partial charge is 0.251 e. The molecule has 2 aromatic carbocycles. The molecule has 1 fully saturated rings. The number of carbonyl (C=O) groups excluding carboxylic acids is 1. The Hall–Kier alpha value is -3.91. The van der Waals surface area contributed by atoms with Crippen molar-refractivity contribution in [2.45, 2.75) is 32.7 Å². The molecule has 1 aliphatic heterocycles. The molecule has 194 valence electrons. The first-order valence-electron chi connectivity index (χ1n) is 12.8. The number of hydrogen-bond donors (Lipinski definition) is 3. The molecular weight excluding hydrogens is 462 g/mol. The summed E-state index contributed by atoms with van der Waals surface area (Å²) in [6, 6.07) is 16.3. The second-order valence-electron chi connectivity index (χ2n) is 9.78. The third-order valence-corrected chi connectivity index (χ3v) is 6.62. The van der Waals surface area contributed by atoms with Crippen molar-refractivity contribution < 1.29 is 4.79 Å². The molecule has 0 saturated carbocycles. The molecule has 1 atom stereocenters. The zero-order valence-corrected chi connectivity index (χ0v) is 22.2. The van der Waals surface area contributed by atoms with E-state index in [-0.39, 0.29) is 5.91 Å². The van der Waals surface area contributed by atoms with Gasteiger partial charge in [0.2, 0.25) is 0 Å². The van der Waals surface area contributed by atoms with Crippen LogP contribution in [0.4, 0.5) is 11.4 Å². The number of carbonyl (C=O) groups is 1.